The maximum atomic E-state index is 12.2. The van der Waals surface area contributed by atoms with Crippen molar-refractivity contribution in [2.24, 2.45) is 0 Å². The Hall–Kier alpha value is -3.35. The molecule has 0 unspecified atom stereocenters. The van der Waals surface area contributed by atoms with Crippen LogP contribution in [0.5, 0.6) is 11.5 Å². The number of carbonyl (C=O) groups is 3. The van der Waals surface area contributed by atoms with Gasteiger partial charge in [0, 0.05) is 12.1 Å². The van der Waals surface area contributed by atoms with Gasteiger partial charge in [-0.15, -0.1) is 0 Å². The number of Topliss-reactive ketones (excluding diaryl/α,β-unsaturated/α-hetero) is 1. The Morgan fingerprint density at radius 3 is 2.33 bits per heavy atom. The number of hydrogen-bond donors (Lipinski definition) is 1. The van der Waals surface area contributed by atoms with Crippen molar-refractivity contribution in [1.82, 2.24) is 5.32 Å². The van der Waals surface area contributed by atoms with Gasteiger partial charge in [0.1, 0.15) is 0 Å². The number of nitrogens with one attached hydrogen (secondary N) is 1. The number of carbonyl (C=O) groups excluding carboxylic acids is 3. The lowest BCUT2D eigenvalue weighted by Crippen LogP contribution is -2.38. The first-order valence-electron chi connectivity index (χ1n) is 9.65. The molecule has 0 aliphatic heterocycles. The fourth-order valence-corrected chi connectivity index (χ4v) is 2.72. The summed E-state index contributed by atoms with van der Waals surface area (Å²) >= 11 is 0. The van der Waals surface area contributed by atoms with Crippen LogP contribution in [0.3, 0.4) is 0 Å². The van der Waals surface area contributed by atoms with E-state index < -0.39 is 18.7 Å². The number of benzene rings is 2. The average molecular weight is 413 g/mol. The third-order valence-electron chi connectivity index (χ3n) is 4.54. The maximum absolute atomic E-state index is 12.2. The zero-order valence-corrected chi connectivity index (χ0v) is 17.6. The predicted molar refractivity (Wildman–Crippen MR) is 112 cm³/mol. The normalized spacial score (nSPS) is 12.4. The largest absolute Gasteiger partial charge is 0.493 e. The molecule has 0 spiro atoms. The van der Waals surface area contributed by atoms with Crippen LogP contribution in [0.2, 0.25) is 0 Å². The lowest BCUT2D eigenvalue weighted by atomic mass is 10.0. The molecular formula is C23H27NO6. The molecule has 2 aromatic rings. The molecule has 0 saturated carbocycles. The molecule has 2 rings (SSSR count). The molecule has 1 amide bonds. The highest BCUT2D eigenvalue weighted by Gasteiger charge is 2.19. The molecule has 7 heteroatoms. The SMILES string of the molecule is COc1cc(C(C)=O)ccc1OCC(=O)O[C@H](C)C(=O)NC[C@H](C)c1ccccc1. The van der Waals surface area contributed by atoms with Crippen LogP contribution in [0.1, 0.15) is 42.6 Å². The Kier molecular flexibility index (Phi) is 8.41. The monoisotopic (exact) mass is 413 g/mol. The van der Waals surface area contributed by atoms with E-state index in [0.717, 1.165) is 5.56 Å². The Labute approximate surface area is 176 Å². The summed E-state index contributed by atoms with van der Waals surface area (Å²) in [6.45, 7) is 4.99. The molecule has 30 heavy (non-hydrogen) atoms. The summed E-state index contributed by atoms with van der Waals surface area (Å²) in [6.07, 6.45) is -0.953. The van der Waals surface area contributed by atoms with Gasteiger partial charge in [0.25, 0.3) is 5.91 Å². The quantitative estimate of drug-likeness (QED) is 0.475. The number of methoxy groups -OCH3 is 1. The third kappa shape index (κ3) is 6.62. The molecule has 160 valence electrons. The number of ketones is 1. The highest BCUT2D eigenvalue weighted by atomic mass is 16.6. The van der Waals surface area contributed by atoms with Gasteiger partial charge in [-0.3, -0.25) is 9.59 Å². The van der Waals surface area contributed by atoms with Crippen molar-refractivity contribution in [3.8, 4) is 11.5 Å². The number of esters is 1. The Balaban J connectivity index is 1.81. The molecular weight excluding hydrogens is 386 g/mol. The summed E-state index contributed by atoms with van der Waals surface area (Å²) in [5.41, 5.74) is 1.58. The number of ether oxygens (including phenoxy) is 3. The highest BCUT2D eigenvalue weighted by molar-refractivity contribution is 5.94. The van der Waals surface area contributed by atoms with E-state index in [1.807, 2.05) is 37.3 Å². The van der Waals surface area contributed by atoms with Crippen molar-refractivity contribution >= 4 is 17.7 Å². The molecule has 0 aliphatic carbocycles. The lowest BCUT2D eigenvalue weighted by molar-refractivity contribution is -0.156. The molecule has 0 saturated heterocycles. The van der Waals surface area contributed by atoms with Crippen LogP contribution in [-0.2, 0) is 14.3 Å². The van der Waals surface area contributed by atoms with Crippen LogP contribution in [0, 0.1) is 0 Å². The van der Waals surface area contributed by atoms with Crippen LogP contribution >= 0.6 is 0 Å². The van der Waals surface area contributed by atoms with Crippen LogP contribution in [-0.4, -0.2) is 44.0 Å². The van der Waals surface area contributed by atoms with E-state index in [4.69, 9.17) is 14.2 Å². The molecule has 0 fully saturated rings. The molecule has 2 atom stereocenters. The van der Waals surface area contributed by atoms with Crippen LogP contribution in [0.15, 0.2) is 48.5 Å². The minimum Gasteiger partial charge on any atom is -0.493 e. The molecule has 0 aliphatic rings. The van der Waals surface area contributed by atoms with Crippen LogP contribution < -0.4 is 14.8 Å². The van der Waals surface area contributed by atoms with E-state index in [1.54, 1.807) is 12.1 Å². The van der Waals surface area contributed by atoms with Crippen molar-refractivity contribution in [2.75, 3.05) is 20.3 Å². The van der Waals surface area contributed by atoms with E-state index in [0.29, 0.717) is 23.6 Å². The van der Waals surface area contributed by atoms with E-state index in [-0.39, 0.29) is 17.6 Å². The molecule has 0 bridgehead atoms. The van der Waals surface area contributed by atoms with Crippen molar-refractivity contribution in [2.45, 2.75) is 32.8 Å². The first-order valence-corrected chi connectivity index (χ1v) is 9.65. The standard InChI is InChI=1S/C23H27NO6/c1-15(18-8-6-5-7-9-18)13-24-23(27)17(3)30-22(26)14-29-20-11-10-19(16(2)25)12-21(20)28-4/h5-12,15,17H,13-14H2,1-4H3,(H,24,27)/t15-,17+/m0/s1. The van der Waals surface area contributed by atoms with Crippen molar-refractivity contribution in [3.63, 3.8) is 0 Å². The summed E-state index contributed by atoms with van der Waals surface area (Å²) in [6, 6.07) is 14.5. The van der Waals surface area contributed by atoms with E-state index in [1.165, 1.54) is 27.0 Å². The molecule has 0 aromatic heterocycles. The van der Waals surface area contributed by atoms with Gasteiger partial charge in [0.2, 0.25) is 0 Å². The second-order valence-electron chi connectivity index (χ2n) is 6.90. The number of amides is 1. The summed E-state index contributed by atoms with van der Waals surface area (Å²) in [5.74, 6) is -0.419. The molecule has 0 radical (unpaired) electrons. The molecule has 7 nitrogen and oxygen atoms in total. The van der Waals surface area contributed by atoms with Gasteiger partial charge in [-0.1, -0.05) is 37.3 Å². The van der Waals surface area contributed by atoms with Crippen molar-refractivity contribution < 1.29 is 28.6 Å². The predicted octanol–water partition coefficient (Wildman–Crippen LogP) is 3.13. The maximum Gasteiger partial charge on any atom is 0.344 e. The Morgan fingerprint density at radius 2 is 1.70 bits per heavy atom. The van der Waals surface area contributed by atoms with Gasteiger partial charge in [-0.05, 0) is 43.5 Å². The summed E-state index contributed by atoms with van der Waals surface area (Å²) in [5, 5.41) is 2.79. The highest BCUT2D eigenvalue weighted by Crippen LogP contribution is 2.28. The second-order valence-corrected chi connectivity index (χ2v) is 6.90. The minimum atomic E-state index is -0.953. The van der Waals surface area contributed by atoms with Gasteiger partial charge in [0.05, 0.1) is 7.11 Å². The lowest BCUT2D eigenvalue weighted by Gasteiger charge is -2.17. The first kappa shape index (κ1) is 22.9. The zero-order chi connectivity index (χ0) is 22.1. The van der Waals surface area contributed by atoms with Gasteiger partial charge in [0.15, 0.2) is 30.0 Å². The summed E-state index contributed by atoms with van der Waals surface area (Å²) < 4.78 is 15.7. The number of hydrogen-bond acceptors (Lipinski definition) is 6. The topological polar surface area (TPSA) is 90.9 Å². The fourth-order valence-electron chi connectivity index (χ4n) is 2.72. The minimum absolute atomic E-state index is 0.110. The van der Waals surface area contributed by atoms with Gasteiger partial charge in [-0.2, -0.15) is 0 Å². The van der Waals surface area contributed by atoms with Crippen LogP contribution in [0.4, 0.5) is 0 Å². The van der Waals surface area contributed by atoms with Crippen molar-refractivity contribution in [3.05, 3.63) is 59.7 Å². The number of rotatable bonds is 10. The van der Waals surface area contributed by atoms with E-state index in [9.17, 15) is 14.4 Å². The Bertz CT molecular complexity index is 881. The average Bonchev–Trinajstić information content (AvgIpc) is 2.75. The van der Waals surface area contributed by atoms with E-state index in [2.05, 4.69) is 5.32 Å². The molecule has 0 heterocycles. The molecule has 1 N–H and O–H groups in total. The van der Waals surface area contributed by atoms with E-state index >= 15 is 0 Å². The fraction of sp³-hybridized carbons (Fsp3) is 0.348. The van der Waals surface area contributed by atoms with Gasteiger partial charge >= 0.3 is 5.97 Å². The Morgan fingerprint density at radius 1 is 1.00 bits per heavy atom. The van der Waals surface area contributed by atoms with Gasteiger partial charge in [-0.25, -0.2) is 4.79 Å². The van der Waals surface area contributed by atoms with Crippen molar-refractivity contribution in [1.29, 1.82) is 0 Å². The van der Waals surface area contributed by atoms with Gasteiger partial charge < -0.3 is 19.5 Å². The molecule has 2 aromatic carbocycles. The van der Waals surface area contributed by atoms with Crippen LogP contribution in [0.25, 0.3) is 0 Å². The summed E-state index contributed by atoms with van der Waals surface area (Å²) in [4.78, 5) is 35.7. The second kappa shape index (κ2) is 11.0. The summed E-state index contributed by atoms with van der Waals surface area (Å²) in [7, 11) is 1.44. The third-order valence-corrected chi connectivity index (χ3v) is 4.54. The first-order chi connectivity index (χ1) is 14.3. The zero-order valence-electron chi connectivity index (χ0n) is 17.6. The smallest absolute Gasteiger partial charge is 0.344 e.